The van der Waals surface area contributed by atoms with Gasteiger partial charge in [-0.15, -0.1) is 0 Å². The molecule has 0 spiro atoms. The molecule has 0 heterocycles. The van der Waals surface area contributed by atoms with Gasteiger partial charge in [0.25, 0.3) is 0 Å². The van der Waals surface area contributed by atoms with E-state index in [2.05, 4.69) is 36.7 Å². The Morgan fingerprint density at radius 1 is 0.929 bits per heavy atom. The molecular formula is C25H38O2Sn. The van der Waals surface area contributed by atoms with Crippen molar-refractivity contribution in [1.82, 2.24) is 0 Å². The van der Waals surface area contributed by atoms with Gasteiger partial charge in [0.1, 0.15) is 0 Å². The molecule has 0 aromatic heterocycles. The second kappa shape index (κ2) is 14.7. The van der Waals surface area contributed by atoms with E-state index in [4.69, 9.17) is 4.74 Å². The molecule has 0 unspecified atom stereocenters. The fraction of sp³-hybridized carbons (Fsp3) is 0.560. The summed E-state index contributed by atoms with van der Waals surface area (Å²) in [5.74, 6) is 6.14. The number of ether oxygens (including phenoxy) is 1. The number of hydrogen-bond donors (Lipinski definition) is 0. The Bertz CT molecular complexity index is 630. The first-order valence-corrected chi connectivity index (χ1v) is 18.8. The van der Waals surface area contributed by atoms with Crippen LogP contribution in [0.25, 0.3) is 0 Å². The van der Waals surface area contributed by atoms with Crippen LogP contribution in [0, 0.1) is 11.8 Å². The fourth-order valence-corrected chi connectivity index (χ4v) is 18.2. The maximum atomic E-state index is 12.7. The van der Waals surface area contributed by atoms with Crippen LogP contribution in [0.15, 0.2) is 40.0 Å². The number of carbonyl (C=O) groups excluding carboxylic acids is 1. The predicted molar refractivity (Wildman–Crippen MR) is 123 cm³/mol. The van der Waals surface area contributed by atoms with Gasteiger partial charge in [-0.1, -0.05) is 0 Å². The van der Waals surface area contributed by atoms with Crippen LogP contribution in [0.3, 0.4) is 0 Å². The molecule has 0 aliphatic rings. The standard InChI is InChI=1S/C13H11O2.3C4H9.Sn/c1-3-15-13(14)11(2)9-10-12-7-5-4-6-8-12;3*1-3-4-2;/h2,4-8H,3H2,1H3;3*1,3-4H2,2H3;. The molecule has 0 aliphatic heterocycles. The van der Waals surface area contributed by atoms with Gasteiger partial charge in [-0.2, -0.15) is 0 Å². The van der Waals surface area contributed by atoms with E-state index >= 15 is 0 Å². The number of carbonyl (C=O) groups is 1. The molecule has 0 aliphatic carbocycles. The van der Waals surface area contributed by atoms with Crippen molar-refractivity contribution in [1.29, 1.82) is 0 Å². The first kappa shape index (κ1) is 24.8. The van der Waals surface area contributed by atoms with Crippen LogP contribution >= 0.6 is 0 Å². The minimum absolute atomic E-state index is 0.239. The summed E-state index contributed by atoms with van der Waals surface area (Å²) in [4.78, 5) is 12.7. The molecule has 1 aromatic carbocycles. The van der Waals surface area contributed by atoms with Crippen LogP contribution < -0.4 is 0 Å². The van der Waals surface area contributed by atoms with Gasteiger partial charge >= 0.3 is 177 Å². The Balaban J connectivity index is 3.33. The van der Waals surface area contributed by atoms with Crippen molar-refractivity contribution in [3.05, 3.63) is 45.6 Å². The van der Waals surface area contributed by atoms with Crippen LogP contribution in [-0.2, 0) is 9.53 Å². The van der Waals surface area contributed by atoms with E-state index in [1.165, 1.54) is 51.8 Å². The van der Waals surface area contributed by atoms with Crippen molar-refractivity contribution >= 4 is 24.3 Å². The molecule has 0 amide bonds. The number of benzene rings is 1. The summed E-state index contributed by atoms with van der Waals surface area (Å²) in [5, 5.41) is 0. The van der Waals surface area contributed by atoms with Crippen molar-refractivity contribution in [2.75, 3.05) is 6.61 Å². The Hall–Kier alpha value is -1.21. The third-order valence-corrected chi connectivity index (χ3v) is 19.3. The van der Waals surface area contributed by atoms with Crippen LogP contribution in [0.5, 0.6) is 0 Å². The number of hydrogen-bond acceptors (Lipinski definition) is 2. The summed E-state index contributed by atoms with van der Waals surface area (Å²) in [6.07, 6.45) is 7.45. The van der Waals surface area contributed by atoms with Crippen molar-refractivity contribution in [2.45, 2.75) is 79.5 Å². The van der Waals surface area contributed by atoms with Gasteiger partial charge in [-0.05, 0) is 0 Å². The van der Waals surface area contributed by atoms with Gasteiger partial charge in [-0.25, -0.2) is 0 Å². The summed E-state index contributed by atoms with van der Waals surface area (Å²) in [6, 6.07) is 9.90. The third-order valence-electron chi connectivity index (χ3n) is 5.15. The molecule has 2 nitrogen and oxygen atoms in total. The van der Waals surface area contributed by atoms with Crippen molar-refractivity contribution in [2.24, 2.45) is 0 Å². The molecule has 0 fully saturated rings. The molecule has 3 heteroatoms. The SMILES string of the molecule is CCC[CH2][Sn](/[CH]=C(\C#Cc1ccccc1)C(=O)OCC)([CH2]CCC)[CH2]CCC. The van der Waals surface area contributed by atoms with E-state index in [1.807, 2.05) is 37.3 Å². The molecule has 1 aromatic rings. The first-order chi connectivity index (χ1) is 13.6. The van der Waals surface area contributed by atoms with E-state index < -0.39 is 18.4 Å². The van der Waals surface area contributed by atoms with E-state index in [9.17, 15) is 4.79 Å². The predicted octanol–water partition coefficient (Wildman–Crippen LogP) is 6.92. The van der Waals surface area contributed by atoms with Gasteiger partial charge < -0.3 is 0 Å². The van der Waals surface area contributed by atoms with Crippen LogP contribution in [-0.4, -0.2) is 31.0 Å². The number of unbranched alkanes of at least 4 members (excludes halogenated alkanes) is 3. The summed E-state index contributed by atoms with van der Waals surface area (Å²) < 4.78 is 11.7. The quantitative estimate of drug-likeness (QED) is 0.138. The second-order valence-electron chi connectivity index (χ2n) is 7.57. The molecule has 0 bridgehead atoms. The molecule has 154 valence electrons. The summed E-state index contributed by atoms with van der Waals surface area (Å²) in [6.45, 7) is 9.05. The third kappa shape index (κ3) is 9.32. The summed E-state index contributed by atoms with van der Waals surface area (Å²) in [7, 11) is 0. The van der Waals surface area contributed by atoms with Crippen molar-refractivity contribution in [3.63, 3.8) is 0 Å². The van der Waals surface area contributed by atoms with E-state index in [1.54, 1.807) is 0 Å². The number of rotatable bonds is 12. The van der Waals surface area contributed by atoms with Crippen LogP contribution in [0.1, 0.15) is 71.8 Å². The van der Waals surface area contributed by atoms with Crippen LogP contribution in [0.2, 0.25) is 13.3 Å². The second-order valence-corrected chi connectivity index (χ2v) is 20.4. The molecule has 0 atom stereocenters. The molecule has 1 rings (SSSR count). The molecule has 0 saturated heterocycles. The average Bonchev–Trinajstić information content (AvgIpc) is 2.72. The zero-order valence-corrected chi connectivity index (χ0v) is 21.2. The molecule has 0 saturated carbocycles. The molecule has 0 radical (unpaired) electrons. The van der Waals surface area contributed by atoms with Crippen molar-refractivity contribution < 1.29 is 9.53 Å². The normalized spacial score (nSPS) is 11.6. The topological polar surface area (TPSA) is 26.3 Å². The van der Waals surface area contributed by atoms with E-state index in [0.29, 0.717) is 12.2 Å². The van der Waals surface area contributed by atoms with E-state index in [0.717, 1.165) is 5.56 Å². The monoisotopic (exact) mass is 490 g/mol. The van der Waals surface area contributed by atoms with E-state index in [-0.39, 0.29) is 5.97 Å². The minimum atomic E-state index is -2.61. The van der Waals surface area contributed by atoms with Gasteiger partial charge in [0, 0.05) is 0 Å². The number of esters is 1. The summed E-state index contributed by atoms with van der Waals surface area (Å²) in [5.41, 5.74) is 1.55. The van der Waals surface area contributed by atoms with Gasteiger partial charge in [0.15, 0.2) is 0 Å². The Kier molecular flexibility index (Phi) is 13.1. The Morgan fingerprint density at radius 2 is 1.46 bits per heavy atom. The zero-order chi connectivity index (χ0) is 20.7. The summed E-state index contributed by atoms with van der Waals surface area (Å²) >= 11 is -2.61. The average molecular weight is 489 g/mol. The Morgan fingerprint density at radius 3 is 1.93 bits per heavy atom. The van der Waals surface area contributed by atoms with Gasteiger partial charge in [0.05, 0.1) is 0 Å². The zero-order valence-electron chi connectivity index (χ0n) is 18.4. The molecule has 0 N–H and O–H groups in total. The van der Waals surface area contributed by atoms with Crippen LogP contribution in [0.4, 0.5) is 0 Å². The van der Waals surface area contributed by atoms with Crippen molar-refractivity contribution in [3.8, 4) is 11.8 Å². The fourth-order valence-electron chi connectivity index (χ4n) is 3.50. The first-order valence-electron chi connectivity index (χ1n) is 11.1. The molecule has 28 heavy (non-hydrogen) atoms. The van der Waals surface area contributed by atoms with Gasteiger partial charge in [-0.3, -0.25) is 0 Å². The Labute approximate surface area is 177 Å². The molecular weight excluding hydrogens is 451 g/mol. The van der Waals surface area contributed by atoms with Gasteiger partial charge in [0.2, 0.25) is 0 Å². The maximum absolute atomic E-state index is 12.7.